The third kappa shape index (κ3) is 3.39. The molecule has 0 amide bonds. The molecule has 2 aliphatic carbocycles. The number of carbonyl (C=O) groups is 8. The second-order valence-corrected chi connectivity index (χ2v) is 9.52. The highest BCUT2D eigenvalue weighted by atomic mass is 16.6. The van der Waals surface area contributed by atoms with Crippen LogP contribution in [0.25, 0.3) is 0 Å². The average molecular weight is 530 g/mol. The van der Waals surface area contributed by atoms with Gasteiger partial charge in [0.2, 0.25) is 0 Å². The number of aliphatic carboxylic acids is 6. The summed E-state index contributed by atoms with van der Waals surface area (Å²) in [6.07, 6.45) is -2.56. The number of esters is 2. The minimum atomic E-state index is -3.44. The van der Waals surface area contributed by atoms with Gasteiger partial charge in [-0.2, -0.15) is 0 Å². The van der Waals surface area contributed by atoms with Gasteiger partial charge < -0.3 is 35.4 Å². The van der Waals surface area contributed by atoms with Gasteiger partial charge in [-0.3, -0.25) is 38.4 Å². The van der Waals surface area contributed by atoms with E-state index in [1.165, 1.54) is 0 Å². The fourth-order valence-corrected chi connectivity index (χ4v) is 6.28. The summed E-state index contributed by atoms with van der Waals surface area (Å²) < 4.78 is 4.57. The van der Waals surface area contributed by atoms with Crippen LogP contribution in [0.3, 0.4) is 0 Å². The molecule has 2 rings (SSSR count). The lowest BCUT2D eigenvalue weighted by Crippen LogP contribution is -2.68. The van der Waals surface area contributed by atoms with Gasteiger partial charge in [-0.25, -0.2) is 0 Å². The Morgan fingerprint density at radius 1 is 0.541 bits per heavy atom. The first kappa shape index (κ1) is 29.2. The van der Waals surface area contributed by atoms with Gasteiger partial charge in [0.15, 0.2) is 21.7 Å². The highest BCUT2D eigenvalue weighted by Gasteiger charge is 2.78. The minimum Gasteiger partial charge on any atom is -0.480 e. The number of carboxylic acids is 6. The Morgan fingerprint density at radius 2 is 0.811 bits per heavy atom. The van der Waals surface area contributed by atoms with Crippen molar-refractivity contribution in [3.63, 3.8) is 0 Å². The molecular formula is C22H26O15. The van der Waals surface area contributed by atoms with Crippen molar-refractivity contribution in [2.24, 2.45) is 33.5 Å². The molecule has 0 aliphatic heterocycles. The Labute approximate surface area is 208 Å². The fraction of sp³-hybridized carbons (Fsp3) is 0.636. The number of hydrogen-bond donors (Lipinski definition) is 6. The molecule has 2 aliphatic rings. The lowest BCUT2D eigenvalue weighted by molar-refractivity contribution is -0.217. The molecule has 0 aromatic carbocycles. The summed E-state index contributed by atoms with van der Waals surface area (Å²) in [7, 11) is 0. The second kappa shape index (κ2) is 9.44. The Hall–Kier alpha value is -4.04. The lowest BCUT2D eigenvalue weighted by atomic mass is 9.50. The molecule has 15 nitrogen and oxygen atoms in total. The molecule has 0 aromatic rings. The summed E-state index contributed by atoms with van der Waals surface area (Å²) in [4.78, 5) is 101. The molecule has 204 valence electrons. The van der Waals surface area contributed by atoms with Crippen molar-refractivity contribution in [3.8, 4) is 0 Å². The van der Waals surface area contributed by atoms with Crippen LogP contribution in [0.4, 0.5) is 0 Å². The number of carbonyl (C=O) groups excluding carboxylic acids is 2. The predicted molar refractivity (Wildman–Crippen MR) is 113 cm³/mol. The van der Waals surface area contributed by atoms with E-state index >= 15 is 0 Å². The maximum Gasteiger partial charge on any atom is 0.333 e. The van der Waals surface area contributed by atoms with Crippen molar-refractivity contribution in [1.29, 1.82) is 0 Å². The molecule has 37 heavy (non-hydrogen) atoms. The molecule has 6 N–H and O–H groups in total. The average Bonchev–Trinajstić information content (AvgIpc) is 2.76. The Morgan fingerprint density at radius 3 is 1.03 bits per heavy atom. The van der Waals surface area contributed by atoms with Gasteiger partial charge in [0, 0.05) is 0 Å². The molecule has 2 saturated carbocycles. The molecule has 0 aromatic heterocycles. The molecule has 0 bridgehead atoms. The Balaban J connectivity index is 2.81. The maximum atomic E-state index is 13.3. The van der Waals surface area contributed by atoms with Crippen molar-refractivity contribution >= 4 is 47.8 Å². The van der Waals surface area contributed by atoms with Crippen LogP contribution in [0.15, 0.2) is 0 Å². The summed E-state index contributed by atoms with van der Waals surface area (Å²) >= 11 is 0. The van der Waals surface area contributed by atoms with Crippen molar-refractivity contribution in [1.82, 2.24) is 0 Å². The van der Waals surface area contributed by atoms with Crippen LogP contribution in [-0.2, 0) is 43.1 Å². The summed E-state index contributed by atoms with van der Waals surface area (Å²) in [5.41, 5.74) is -13.6. The van der Waals surface area contributed by atoms with E-state index in [1.54, 1.807) is 0 Å². The molecule has 4 atom stereocenters. The molecule has 2 fully saturated rings. The van der Waals surface area contributed by atoms with Crippen LogP contribution in [-0.4, -0.2) is 78.4 Å². The Bertz CT molecular complexity index is 978. The summed E-state index contributed by atoms with van der Waals surface area (Å²) in [6, 6.07) is 0. The van der Waals surface area contributed by atoms with E-state index in [0.717, 1.165) is 13.8 Å². The van der Waals surface area contributed by atoms with E-state index in [1.807, 2.05) is 0 Å². The van der Waals surface area contributed by atoms with E-state index in [-0.39, 0.29) is 25.7 Å². The number of ether oxygens (including phenoxy) is 1. The van der Waals surface area contributed by atoms with Gasteiger partial charge in [-0.15, -0.1) is 0 Å². The SMILES string of the molecule is CC1CCCC(C(=O)O)(C(=O)OC(=O)C2(C(=O)O)CCCC(C)C2(C(=O)O)C(=O)O)C1(C(=O)O)C(=O)O. The maximum absolute atomic E-state index is 13.3. The first-order valence-corrected chi connectivity index (χ1v) is 11.1. The number of hydrogen-bond acceptors (Lipinski definition) is 9. The third-order valence-corrected chi connectivity index (χ3v) is 8.16. The smallest absolute Gasteiger partial charge is 0.333 e. The Kier molecular flexibility index (Phi) is 7.45. The van der Waals surface area contributed by atoms with Crippen molar-refractivity contribution < 1.29 is 73.7 Å². The van der Waals surface area contributed by atoms with Gasteiger partial charge >= 0.3 is 47.8 Å². The van der Waals surface area contributed by atoms with Gasteiger partial charge in [-0.1, -0.05) is 26.7 Å². The van der Waals surface area contributed by atoms with E-state index < -0.39 is 94.1 Å². The zero-order valence-electron chi connectivity index (χ0n) is 19.8. The topological polar surface area (TPSA) is 267 Å². The molecule has 15 heteroatoms. The van der Waals surface area contributed by atoms with Crippen LogP contribution in [0.2, 0.25) is 0 Å². The first-order valence-electron chi connectivity index (χ1n) is 11.1. The van der Waals surface area contributed by atoms with Gasteiger partial charge in [0.05, 0.1) is 0 Å². The standard InChI is InChI=1S/C22H26O15/c1-9-5-3-7-19(11(23)24,21(9,13(27)28)14(29)30)17(35)37-18(36)20(12(25)26)8-4-6-10(2)22(20,15(31)32)16(33)34/h9-10H,3-8H2,1-2H3,(H,23,24)(H,25,26)(H,27,28)(H,29,30)(H,31,32)(H,33,34). The van der Waals surface area contributed by atoms with Crippen LogP contribution in [0, 0.1) is 33.5 Å². The van der Waals surface area contributed by atoms with Gasteiger partial charge in [0.1, 0.15) is 0 Å². The summed E-state index contributed by atoms with van der Waals surface area (Å²) in [5.74, 6) is -21.0. The van der Waals surface area contributed by atoms with Gasteiger partial charge in [0.25, 0.3) is 0 Å². The zero-order valence-corrected chi connectivity index (χ0v) is 19.8. The quantitative estimate of drug-likeness (QED) is 0.180. The molecule has 0 saturated heterocycles. The predicted octanol–water partition coefficient (Wildman–Crippen LogP) is 0.149. The molecular weight excluding hydrogens is 504 g/mol. The second-order valence-electron chi connectivity index (χ2n) is 9.52. The highest BCUT2D eigenvalue weighted by molar-refractivity contribution is 6.18. The van der Waals surface area contributed by atoms with Crippen molar-refractivity contribution in [2.45, 2.75) is 52.4 Å². The molecule has 0 spiro atoms. The van der Waals surface area contributed by atoms with E-state index in [4.69, 9.17) is 0 Å². The van der Waals surface area contributed by atoms with Crippen molar-refractivity contribution in [2.75, 3.05) is 0 Å². The van der Waals surface area contributed by atoms with Crippen molar-refractivity contribution in [3.05, 3.63) is 0 Å². The van der Waals surface area contributed by atoms with E-state index in [2.05, 4.69) is 4.74 Å². The van der Waals surface area contributed by atoms with Crippen LogP contribution >= 0.6 is 0 Å². The monoisotopic (exact) mass is 530 g/mol. The largest absolute Gasteiger partial charge is 0.480 e. The zero-order chi connectivity index (χ0) is 28.7. The fourth-order valence-electron chi connectivity index (χ4n) is 6.28. The van der Waals surface area contributed by atoms with E-state index in [9.17, 15) is 69.0 Å². The normalized spacial score (nSPS) is 30.3. The third-order valence-electron chi connectivity index (χ3n) is 8.16. The van der Waals surface area contributed by atoms with Gasteiger partial charge in [-0.05, 0) is 37.5 Å². The number of carboxylic acid groups (broad SMARTS) is 6. The number of rotatable bonds is 8. The van der Waals surface area contributed by atoms with Crippen LogP contribution < -0.4 is 0 Å². The first-order chi connectivity index (χ1) is 17.0. The van der Waals surface area contributed by atoms with Crippen LogP contribution in [0.1, 0.15) is 52.4 Å². The highest BCUT2D eigenvalue weighted by Crippen LogP contribution is 2.58. The molecule has 4 unspecified atom stereocenters. The summed E-state index contributed by atoms with van der Waals surface area (Å²) in [6.45, 7) is 2.13. The van der Waals surface area contributed by atoms with E-state index in [0.29, 0.717) is 0 Å². The summed E-state index contributed by atoms with van der Waals surface area (Å²) in [5, 5.41) is 59.4. The minimum absolute atomic E-state index is 0.146. The molecule has 0 heterocycles. The lowest BCUT2D eigenvalue weighted by Gasteiger charge is -2.48. The molecule has 0 radical (unpaired) electrons. The van der Waals surface area contributed by atoms with Crippen LogP contribution in [0.5, 0.6) is 0 Å².